The van der Waals surface area contributed by atoms with E-state index in [2.05, 4.69) is 11.0 Å². The smallest absolute Gasteiger partial charge is 0.161 e. The van der Waals surface area contributed by atoms with Crippen molar-refractivity contribution in [1.29, 1.82) is 0 Å². The van der Waals surface area contributed by atoms with Gasteiger partial charge in [0.25, 0.3) is 0 Å². The predicted molar refractivity (Wildman–Crippen MR) is 85.6 cm³/mol. The van der Waals surface area contributed by atoms with Crippen molar-refractivity contribution in [3.05, 3.63) is 47.1 Å². The van der Waals surface area contributed by atoms with Crippen LogP contribution in [0.5, 0.6) is 11.5 Å². The Morgan fingerprint density at radius 1 is 1.17 bits per heavy atom. The molecule has 1 aromatic carbocycles. The van der Waals surface area contributed by atoms with Crippen molar-refractivity contribution in [2.75, 3.05) is 27.3 Å². The SMILES string of the molecule is COc1cc2c(cc1OC)[C@]13C[C@@H](O)C=CC1=CCN3C[C@H]2O. The summed E-state index contributed by atoms with van der Waals surface area (Å²) in [6.07, 6.45) is 5.54. The van der Waals surface area contributed by atoms with Crippen LogP contribution in [0, 0.1) is 0 Å². The van der Waals surface area contributed by atoms with Crippen LogP contribution in [-0.4, -0.2) is 48.5 Å². The summed E-state index contributed by atoms with van der Waals surface area (Å²) >= 11 is 0. The van der Waals surface area contributed by atoms with E-state index in [4.69, 9.17) is 9.47 Å². The summed E-state index contributed by atoms with van der Waals surface area (Å²) in [7, 11) is 3.21. The Kier molecular flexibility index (Phi) is 3.27. The lowest BCUT2D eigenvalue weighted by Crippen LogP contribution is -2.52. The number of aliphatic hydroxyl groups excluding tert-OH is 2. The fourth-order valence-electron chi connectivity index (χ4n) is 4.26. The maximum atomic E-state index is 10.6. The third kappa shape index (κ3) is 1.90. The quantitative estimate of drug-likeness (QED) is 0.866. The molecule has 0 bridgehead atoms. The van der Waals surface area contributed by atoms with Gasteiger partial charge in [-0.2, -0.15) is 0 Å². The van der Waals surface area contributed by atoms with Crippen molar-refractivity contribution >= 4 is 0 Å². The number of nitrogens with zero attached hydrogens (tertiary/aromatic N) is 1. The van der Waals surface area contributed by atoms with Crippen molar-refractivity contribution in [2.45, 2.75) is 24.2 Å². The van der Waals surface area contributed by atoms with Gasteiger partial charge in [-0.25, -0.2) is 0 Å². The molecule has 2 heterocycles. The fraction of sp³-hybridized carbons (Fsp3) is 0.444. The third-order valence-corrected chi connectivity index (χ3v) is 5.31. The Morgan fingerprint density at radius 3 is 2.65 bits per heavy atom. The Labute approximate surface area is 135 Å². The number of aliphatic hydroxyl groups is 2. The van der Waals surface area contributed by atoms with Crippen LogP contribution in [0.25, 0.3) is 0 Å². The number of rotatable bonds is 2. The molecular weight excluding hydrogens is 294 g/mol. The average molecular weight is 315 g/mol. The topological polar surface area (TPSA) is 62.2 Å². The minimum atomic E-state index is -0.578. The highest BCUT2D eigenvalue weighted by Crippen LogP contribution is 2.53. The van der Waals surface area contributed by atoms with Gasteiger partial charge in [-0.3, -0.25) is 4.90 Å². The largest absolute Gasteiger partial charge is 0.493 e. The highest BCUT2D eigenvalue weighted by molar-refractivity contribution is 5.58. The van der Waals surface area contributed by atoms with Crippen LogP contribution in [0.2, 0.25) is 0 Å². The van der Waals surface area contributed by atoms with Crippen molar-refractivity contribution < 1.29 is 19.7 Å². The van der Waals surface area contributed by atoms with Gasteiger partial charge in [-0.1, -0.05) is 18.2 Å². The number of benzene rings is 1. The Bertz CT molecular complexity index is 711. The minimum absolute atomic E-state index is 0.387. The van der Waals surface area contributed by atoms with Gasteiger partial charge in [0.1, 0.15) is 0 Å². The monoisotopic (exact) mass is 315 g/mol. The van der Waals surface area contributed by atoms with Gasteiger partial charge >= 0.3 is 0 Å². The van der Waals surface area contributed by atoms with Gasteiger partial charge in [0, 0.05) is 19.5 Å². The Morgan fingerprint density at radius 2 is 1.91 bits per heavy atom. The first-order valence-electron chi connectivity index (χ1n) is 7.86. The Hall–Kier alpha value is -1.82. The molecule has 0 aromatic heterocycles. The van der Waals surface area contributed by atoms with Crippen LogP contribution in [0.15, 0.2) is 35.9 Å². The van der Waals surface area contributed by atoms with Crippen LogP contribution in [0.1, 0.15) is 23.7 Å². The van der Waals surface area contributed by atoms with E-state index in [1.807, 2.05) is 24.3 Å². The molecule has 122 valence electrons. The molecule has 2 N–H and O–H groups in total. The minimum Gasteiger partial charge on any atom is -0.493 e. The lowest BCUT2D eigenvalue weighted by Gasteiger charge is -2.49. The maximum Gasteiger partial charge on any atom is 0.161 e. The molecule has 0 saturated carbocycles. The summed E-state index contributed by atoms with van der Waals surface area (Å²) in [6, 6.07) is 3.82. The molecule has 2 aliphatic heterocycles. The molecule has 3 atom stereocenters. The Balaban J connectivity index is 1.97. The van der Waals surface area contributed by atoms with E-state index in [0.29, 0.717) is 24.5 Å². The maximum absolute atomic E-state index is 10.6. The van der Waals surface area contributed by atoms with Gasteiger partial charge in [-0.05, 0) is 28.8 Å². The normalized spacial score (nSPS) is 31.9. The van der Waals surface area contributed by atoms with Crippen molar-refractivity contribution in [2.24, 2.45) is 0 Å². The fourth-order valence-corrected chi connectivity index (χ4v) is 4.26. The molecule has 0 fully saturated rings. The van der Waals surface area contributed by atoms with E-state index in [-0.39, 0.29) is 5.54 Å². The second-order valence-electron chi connectivity index (χ2n) is 6.37. The van der Waals surface area contributed by atoms with E-state index >= 15 is 0 Å². The molecule has 1 spiro atoms. The first kappa shape index (κ1) is 14.8. The molecule has 1 aromatic rings. The molecule has 0 unspecified atom stereocenters. The molecule has 23 heavy (non-hydrogen) atoms. The molecule has 0 amide bonds. The molecule has 4 rings (SSSR count). The van der Waals surface area contributed by atoms with Crippen LogP contribution in [-0.2, 0) is 5.54 Å². The van der Waals surface area contributed by atoms with Crippen LogP contribution >= 0.6 is 0 Å². The van der Waals surface area contributed by atoms with Gasteiger partial charge in [0.15, 0.2) is 11.5 Å². The summed E-state index contributed by atoms with van der Waals surface area (Å²) in [5, 5.41) is 20.9. The molecular formula is C18H21NO4. The predicted octanol–water partition coefficient (Wildman–Crippen LogP) is 1.51. The van der Waals surface area contributed by atoms with Crippen molar-refractivity contribution in [1.82, 2.24) is 4.90 Å². The lowest BCUT2D eigenvalue weighted by molar-refractivity contribution is 0.0206. The summed E-state index contributed by atoms with van der Waals surface area (Å²) < 4.78 is 10.9. The number of fused-ring (bicyclic) bond motifs is 1. The number of hydrogen-bond donors (Lipinski definition) is 2. The molecule has 0 radical (unpaired) electrons. The van der Waals surface area contributed by atoms with Crippen molar-refractivity contribution in [3.8, 4) is 11.5 Å². The molecule has 5 nitrogen and oxygen atoms in total. The average Bonchev–Trinajstić information content (AvgIpc) is 2.92. The van der Waals surface area contributed by atoms with Gasteiger partial charge in [0.2, 0.25) is 0 Å². The standard InChI is InChI=1S/C18H21NO4/c1-22-16-7-13-14(8-17(16)23-2)18-9-12(20)4-3-11(18)5-6-19(18)10-15(13)21/h3-5,7-8,12,15,20-21H,6,9-10H2,1-2H3/t12-,15+,18-/m0/s1. The summed E-state index contributed by atoms with van der Waals surface area (Å²) in [6.45, 7) is 1.32. The lowest BCUT2D eigenvalue weighted by atomic mass is 9.71. The van der Waals surface area contributed by atoms with E-state index in [1.165, 1.54) is 5.57 Å². The van der Waals surface area contributed by atoms with Crippen molar-refractivity contribution in [3.63, 3.8) is 0 Å². The van der Waals surface area contributed by atoms with Gasteiger partial charge in [-0.15, -0.1) is 0 Å². The highest BCUT2D eigenvalue weighted by atomic mass is 16.5. The number of methoxy groups -OCH3 is 2. The first-order valence-corrected chi connectivity index (χ1v) is 7.86. The van der Waals surface area contributed by atoms with Crippen LogP contribution in [0.4, 0.5) is 0 Å². The number of hydrogen-bond acceptors (Lipinski definition) is 5. The zero-order valence-electron chi connectivity index (χ0n) is 13.3. The summed E-state index contributed by atoms with van der Waals surface area (Å²) in [4.78, 5) is 2.24. The molecule has 3 aliphatic rings. The number of ether oxygens (including phenoxy) is 2. The summed E-state index contributed by atoms with van der Waals surface area (Å²) in [5.74, 6) is 1.26. The van der Waals surface area contributed by atoms with Gasteiger partial charge in [0.05, 0.1) is 32.0 Å². The van der Waals surface area contributed by atoms with E-state index in [0.717, 1.165) is 17.7 Å². The second kappa shape index (κ2) is 5.09. The molecule has 5 heteroatoms. The molecule has 1 aliphatic carbocycles. The first-order chi connectivity index (χ1) is 11.1. The van der Waals surface area contributed by atoms with Gasteiger partial charge < -0.3 is 19.7 Å². The van der Waals surface area contributed by atoms with Crippen LogP contribution < -0.4 is 9.47 Å². The molecule has 0 saturated heterocycles. The van der Waals surface area contributed by atoms with E-state index in [9.17, 15) is 10.2 Å². The van der Waals surface area contributed by atoms with E-state index < -0.39 is 12.2 Å². The zero-order valence-corrected chi connectivity index (χ0v) is 13.3. The zero-order chi connectivity index (χ0) is 16.2. The third-order valence-electron chi connectivity index (χ3n) is 5.31. The highest BCUT2D eigenvalue weighted by Gasteiger charge is 2.51. The second-order valence-corrected chi connectivity index (χ2v) is 6.37. The van der Waals surface area contributed by atoms with E-state index in [1.54, 1.807) is 14.2 Å². The van der Waals surface area contributed by atoms with Crippen LogP contribution in [0.3, 0.4) is 0 Å². The summed E-state index contributed by atoms with van der Waals surface area (Å²) in [5.41, 5.74) is 2.65.